The highest BCUT2D eigenvalue weighted by molar-refractivity contribution is 7.90. The van der Waals surface area contributed by atoms with Crippen LogP contribution in [0.25, 0.3) is 10.9 Å². The summed E-state index contributed by atoms with van der Waals surface area (Å²) in [7, 11) is -3.30. The number of hydrogen-bond donors (Lipinski definition) is 2. The van der Waals surface area contributed by atoms with Crippen molar-refractivity contribution in [3.8, 4) is 6.07 Å². The molecule has 2 aliphatic carbocycles. The van der Waals surface area contributed by atoms with Crippen molar-refractivity contribution in [2.75, 3.05) is 12.8 Å². The Morgan fingerprint density at radius 3 is 2.61 bits per heavy atom. The first-order chi connectivity index (χ1) is 15.7. The van der Waals surface area contributed by atoms with Crippen LogP contribution in [0.2, 0.25) is 0 Å². The predicted octanol–water partition coefficient (Wildman–Crippen LogP) is 2.43. The van der Waals surface area contributed by atoms with E-state index < -0.39 is 21.3 Å². The predicted molar refractivity (Wildman–Crippen MR) is 122 cm³/mol. The summed E-state index contributed by atoms with van der Waals surface area (Å²) in [6, 6.07) is 7.27. The largest absolute Gasteiger partial charge is 0.358 e. The molecule has 174 valence electrons. The number of nitrogens with one attached hydrogen (secondary N) is 2. The SMILES string of the molecule is CS(=O)(=O)c1ccc2c3c([nH]c2c1)CCN(C(=O)[C@@H]1CCCC[C@H]1C(=O)NC1(C#N)CC1)C3. The molecule has 2 aromatic rings. The zero-order valence-corrected chi connectivity index (χ0v) is 19.5. The number of benzene rings is 1. The van der Waals surface area contributed by atoms with Crippen molar-refractivity contribution in [3.63, 3.8) is 0 Å². The molecule has 33 heavy (non-hydrogen) atoms. The number of fused-ring (bicyclic) bond motifs is 3. The Morgan fingerprint density at radius 1 is 1.21 bits per heavy atom. The number of nitrogens with zero attached hydrogens (tertiary/aromatic N) is 2. The van der Waals surface area contributed by atoms with E-state index in [1.165, 1.54) is 6.26 Å². The number of nitriles is 1. The van der Waals surface area contributed by atoms with E-state index in [2.05, 4.69) is 16.4 Å². The molecule has 0 saturated heterocycles. The average Bonchev–Trinajstić information content (AvgIpc) is 3.48. The third-order valence-corrected chi connectivity index (χ3v) is 8.54. The summed E-state index contributed by atoms with van der Waals surface area (Å²) >= 11 is 0. The van der Waals surface area contributed by atoms with Gasteiger partial charge in [0.15, 0.2) is 9.84 Å². The molecule has 3 aliphatic rings. The van der Waals surface area contributed by atoms with E-state index in [4.69, 9.17) is 0 Å². The highest BCUT2D eigenvalue weighted by Crippen LogP contribution is 2.38. The number of carbonyl (C=O) groups excluding carboxylic acids is 2. The number of hydrogen-bond acceptors (Lipinski definition) is 5. The van der Waals surface area contributed by atoms with Gasteiger partial charge in [-0.2, -0.15) is 5.26 Å². The summed E-state index contributed by atoms with van der Waals surface area (Å²) in [5.74, 6) is -0.912. The summed E-state index contributed by atoms with van der Waals surface area (Å²) in [6.45, 7) is 1.00. The molecule has 2 heterocycles. The van der Waals surface area contributed by atoms with Gasteiger partial charge in [0.05, 0.1) is 11.0 Å². The molecule has 2 saturated carbocycles. The standard InChI is InChI=1S/C24H28N4O4S/c1-33(31,32)15-6-7-16-19-13-28(11-8-20(19)26-21(16)12-15)23(30)18-5-3-2-4-17(18)22(29)27-24(14-25)9-10-24/h6-7,12,17-18,26H,2-5,8-11,13H2,1H3,(H,27,29)/t17-,18-/m1/s1. The minimum atomic E-state index is -3.30. The molecule has 2 N–H and O–H groups in total. The van der Waals surface area contributed by atoms with E-state index in [9.17, 15) is 23.3 Å². The molecule has 2 atom stereocenters. The second kappa shape index (κ2) is 7.87. The van der Waals surface area contributed by atoms with Gasteiger partial charge in [0.2, 0.25) is 11.8 Å². The molecule has 0 unspecified atom stereocenters. The van der Waals surface area contributed by atoms with Crippen LogP contribution in [0, 0.1) is 23.2 Å². The van der Waals surface area contributed by atoms with Crippen LogP contribution in [0.3, 0.4) is 0 Å². The number of amides is 2. The van der Waals surface area contributed by atoms with Crippen molar-refractivity contribution in [2.24, 2.45) is 11.8 Å². The molecule has 8 nitrogen and oxygen atoms in total. The van der Waals surface area contributed by atoms with Gasteiger partial charge in [0.25, 0.3) is 0 Å². The van der Waals surface area contributed by atoms with Crippen LogP contribution >= 0.6 is 0 Å². The van der Waals surface area contributed by atoms with Gasteiger partial charge in [0, 0.05) is 59.8 Å². The number of sulfone groups is 1. The first kappa shape index (κ1) is 22.0. The van der Waals surface area contributed by atoms with E-state index in [0.717, 1.165) is 35.0 Å². The maximum Gasteiger partial charge on any atom is 0.226 e. The van der Waals surface area contributed by atoms with Crippen LogP contribution in [0.4, 0.5) is 0 Å². The van der Waals surface area contributed by atoms with Gasteiger partial charge in [-0.3, -0.25) is 9.59 Å². The van der Waals surface area contributed by atoms with Crippen molar-refractivity contribution in [1.82, 2.24) is 15.2 Å². The van der Waals surface area contributed by atoms with Crippen LogP contribution in [-0.2, 0) is 32.4 Å². The second-order valence-corrected chi connectivity index (χ2v) is 11.8. The lowest BCUT2D eigenvalue weighted by molar-refractivity contribution is -0.144. The fraction of sp³-hybridized carbons (Fsp3) is 0.542. The van der Waals surface area contributed by atoms with Crippen molar-refractivity contribution < 1.29 is 18.0 Å². The normalized spacial score (nSPS) is 24.1. The number of aromatic nitrogens is 1. The zero-order valence-electron chi connectivity index (χ0n) is 18.7. The number of rotatable bonds is 4. The summed E-state index contributed by atoms with van der Waals surface area (Å²) in [5, 5.41) is 13.2. The topological polar surface area (TPSA) is 123 Å². The number of carbonyl (C=O) groups is 2. The maximum atomic E-state index is 13.6. The minimum absolute atomic E-state index is 0.00408. The lowest BCUT2D eigenvalue weighted by Gasteiger charge is -2.36. The Hall–Kier alpha value is -2.86. The summed E-state index contributed by atoms with van der Waals surface area (Å²) in [4.78, 5) is 32.0. The second-order valence-electron chi connectivity index (χ2n) is 9.75. The lowest BCUT2D eigenvalue weighted by atomic mass is 9.77. The van der Waals surface area contributed by atoms with E-state index in [1.54, 1.807) is 12.1 Å². The Kier molecular flexibility index (Phi) is 5.24. The van der Waals surface area contributed by atoms with Crippen LogP contribution < -0.4 is 5.32 Å². The third-order valence-electron chi connectivity index (χ3n) is 7.43. The fourth-order valence-electron chi connectivity index (χ4n) is 5.31. The Bertz CT molecular complexity index is 1290. The molecule has 5 rings (SSSR count). The van der Waals surface area contributed by atoms with Gasteiger partial charge < -0.3 is 15.2 Å². The van der Waals surface area contributed by atoms with Gasteiger partial charge in [-0.25, -0.2) is 8.42 Å². The molecule has 1 aromatic carbocycles. The van der Waals surface area contributed by atoms with Crippen LogP contribution in [0.5, 0.6) is 0 Å². The first-order valence-corrected chi connectivity index (χ1v) is 13.5. The van der Waals surface area contributed by atoms with E-state index in [-0.39, 0.29) is 22.6 Å². The molecular weight excluding hydrogens is 440 g/mol. The zero-order chi connectivity index (χ0) is 23.4. The molecular formula is C24H28N4O4S. The Labute approximate surface area is 193 Å². The maximum absolute atomic E-state index is 13.6. The number of H-pyrrole nitrogens is 1. The summed E-state index contributed by atoms with van der Waals surface area (Å²) < 4.78 is 23.8. The molecule has 0 radical (unpaired) electrons. The molecule has 2 fully saturated rings. The summed E-state index contributed by atoms with van der Waals surface area (Å²) in [6.07, 6.45) is 6.39. The van der Waals surface area contributed by atoms with Gasteiger partial charge in [-0.15, -0.1) is 0 Å². The van der Waals surface area contributed by atoms with Crippen LogP contribution in [0.1, 0.15) is 49.8 Å². The van der Waals surface area contributed by atoms with Crippen molar-refractivity contribution >= 4 is 32.6 Å². The van der Waals surface area contributed by atoms with Gasteiger partial charge >= 0.3 is 0 Å². The summed E-state index contributed by atoms with van der Waals surface area (Å²) in [5.41, 5.74) is 2.08. The average molecular weight is 469 g/mol. The molecule has 1 aromatic heterocycles. The quantitative estimate of drug-likeness (QED) is 0.713. The van der Waals surface area contributed by atoms with Crippen molar-refractivity contribution in [2.45, 2.75) is 61.9 Å². The van der Waals surface area contributed by atoms with Crippen LogP contribution in [-0.4, -0.2) is 48.5 Å². The van der Waals surface area contributed by atoms with E-state index in [1.807, 2.05) is 11.0 Å². The minimum Gasteiger partial charge on any atom is -0.358 e. The van der Waals surface area contributed by atoms with Gasteiger partial charge in [-0.05, 0) is 37.8 Å². The smallest absolute Gasteiger partial charge is 0.226 e. The first-order valence-electron chi connectivity index (χ1n) is 11.6. The lowest BCUT2D eigenvalue weighted by Crippen LogP contribution is -2.48. The monoisotopic (exact) mass is 468 g/mol. The molecule has 9 heteroatoms. The Morgan fingerprint density at radius 2 is 1.94 bits per heavy atom. The number of aromatic amines is 1. The van der Waals surface area contributed by atoms with Gasteiger partial charge in [0.1, 0.15) is 5.54 Å². The molecule has 0 spiro atoms. The highest BCUT2D eigenvalue weighted by Gasteiger charge is 2.47. The van der Waals surface area contributed by atoms with Crippen molar-refractivity contribution in [3.05, 3.63) is 29.5 Å². The van der Waals surface area contributed by atoms with Crippen LogP contribution in [0.15, 0.2) is 23.1 Å². The van der Waals surface area contributed by atoms with Crippen molar-refractivity contribution in [1.29, 1.82) is 5.26 Å². The highest BCUT2D eigenvalue weighted by atomic mass is 32.2. The molecule has 0 bridgehead atoms. The third kappa shape index (κ3) is 4.01. The van der Waals surface area contributed by atoms with Gasteiger partial charge in [-0.1, -0.05) is 18.9 Å². The fourth-order valence-corrected chi connectivity index (χ4v) is 5.96. The molecule has 1 aliphatic heterocycles. The molecule has 2 amide bonds. The Balaban J connectivity index is 1.36. The van der Waals surface area contributed by atoms with E-state index >= 15 is 0 Å². The van der Waals surface area contributed by atoms with E-state index in [0.29, 0.717) is 45.2 Å².